The van der Waals surface area contributed by atoms with E-state index in [0.29, 0.717) is 5.92 Å². The maximum absolute atomic E-state index is 12.8. The van der Waals surface area contributed by atoms with E-state index in [1.165, 1.54) is 6.42 Å². The van der Waals surface area contributed by atoms with Crippen LogP contribution >= 0.6 is 0 Å². The van der Waals surface area contributed by atoms with Gasteiger partial charge in [-0.15, -0.1) is 0 Å². The Morgan fingerprint density at radius 1 is 1.32 bits per heavy atom. The molecule has 0 aromatic carbocycles. The van der Waals surface area contributed by atoms with Crippen LogP contribution in [0.2, 0.25) is 0 Å². The van der Waals surface area contributed by atoms with Crippen molar-refractivity contribution < 1.29 is 9.90 Å². The van der Waals surface area contributed by atoms with E-state index in [9.17, 15) is 9.90 Å². The highest BCUT2D eigenvalue weighted by molar-refractivity contribution is 5.86. The molecule has 4 heteroatoms. The lowest BCUT2D eigenvalue weighted by Gasteiger charge is -2.41. The molecule has 1 saturated heterocycles. The number of carbonyl (C=O) groups is 1. The summed E-state index contributed by atoms with van der Waals surface area (Å²) in [6.07, 6.45) is 8.00. The van der Waals surface area contributed by atoms with Crippen molar-refractivity contribution in [3.8, 4) is 0 Å². The van der Waals surface area contributed by atoms with Crippen molar-refractivity contribution in [3.63, 3.8) is 0 Å². The fraction of sp³-hybridized carbons (Fsp3) is 0.933. The van der Waals surface area contributed by atoms with E-state index in [1.54, 1.807) is 0 Å². The molecule has 2 fully saturated rings. The summed E-state index contributed by atoms with van der Waals surface area (Å²) < 4.78 is 0. The van der Waals surface area contributed by atoms with Gasteiger partial charge in [-0.25, -0.2) is 0 Å². The number of hydrogen-bond acceptors (Lipinski definition) is 3. The number of amides is 1. The van der Waals surface area contributed by atoms with Gasteiger partial charge in [-0.3, -0.25) is 4.79 Å². The number of carbonyl (C=O) groups excluding carboxylic acids is 1. The number of aliphatic hydroxyl groups is 1. The molecule has 2 rings (SSSR count). The molecule has 0 aromatic rings. The second kappa shape index (κ2) is 6.23. The Kier molecular flexibility index (Phi) is 4.85. The minimum atomic E-state index is -0.685. The van der Waals surface area contributed by atoms with Crippen LogP contribution in [-0.4, -0.2) is 40.6 Å². The van der Waals surface area contributed by atoms with Crippen LogP contribution in [0.15, 0.2) is 0 Å². The van der Waals surface area contributed by atoms with Crippen molar-refractivity contribution in [1.82, 2.24) is 4.90 Å². The third-order valence-corrected chi connectivity index (χ3v) is 4.81. The molecule has 1 saturated carbocycles. The predicted octanol–water partition coefficient (Wildman–Crippen LogP) is 1.66. The van der Waals surface area contributed by atoms with Crippen LogP contribution in [0.4, 0.5) is 0 Å². The molecule has 4 nitrogen and oxygen atoms in total. The normalized spacial score (nSPS) is 36.9. The maximum Gasteiger partial charge on any atom is 0.242 e. The quantitative estimate of drug-likeness (QED) is 0.800. The molecular weight excluding hydrogens is 240 g/mol. The lowest BCUT2D eigenvalue weighted by Crippen LogP contribution is -2.60. The zero-order valence-electron chi connectivity index (χ0n) is 12.1. The van der Waals surface area contributed by atoms with Gasteiger partial charge in [-0.05, 0) is 31.6 Å². The van der Waals surface area contributed by atoms with Gasteiger partial charge in [0.2, 0.25) is 5.91 Å². The molecule has 3 atom stereocenters. The third-order valence-electron chi connectivity index (χ3n) is 4.81. The highest BCUT2D eigenvalue weighted by atomic mass is 16.3. The van der Waals surface area contributed by atoms with Gasteiger partial charge < -0.3 is 15.7 Å². The standard InChI is InChI=1S/C15H28N2O2/c1-12-6-5-8-15(16,10-12)14(19)17-9-4-2-3-7-13(17)11-18/h12-13,18H,2-11,16H2,1H3. The average molecular weight is 268 g/mol. The Labute approximate surface area is 116 Å². The van der Waals surface area contributed by atoms with Crippen LogP contribution in [0.1, 0.15) is 58.3 Å². The summed E-state index contributed by atoms with van der Waals surface area (Å²) >= 11 is 0. The summed E-state index contributed by atoms with van der Waals surface area (Å²) in [6, 6.07) is -0.0207. The Morgan fingerprint density at radius 2 is 2.11 bits per heavy atom. The van der Waals surface area contributed by atoms with Gasteiger partial charge in [-0.2, -0.15) is 0 Å². The Hall–Kier alpha value is -0.610. The lowest BCUT2D eigenvalue weighted by molar-refractivity contribution is -0.142. The summed E-state index contributed by atoms with van der Waals surface area (Å²) in [5, 5.41) is 9.53. The third kappa shape index (κ3) is 3.29. The monoisotopic (exact) mass is 268 g/mol. The number of aliphatic hydroxyl groups excluding tert-OH is 1. The molecule has 2 aliphatic rings. The van der Waals surface area contributed by atoms with Gasteiger partial charge in [0.05, 0.1) is 18.2 Å². The van der Waals surface area contributed by atoms with Gasteiger partial charge in [0.15, 0.2) is 0 Å². The lowest BCUT2D eigenvalue weighted by atomic mass is 9.76. The smallest absolute Gasteiger partial charge is 0.242 e. The van der Waals surface area contributed by atoms with Crippen LogP contribution in [-0.2, 0) is 4.79 Å². The van der Waals surface area contributed by atoms with Crippen LogP contribution in [0.3, 0.4) is 0 Å². The minimum Gasteiger partial charge on any atom is -0.394 e. The molecular formula is C15H28N2O2. The first-order chi connectivity index (χ1) is 9.07. The minimum absolute atomic E-state index is 0.0207. The second-order valence-corrected chi connectivity index (χ2v) is 6.54. The first-order valence-electron chi connectivity index (χ1n) is 7.77. The van der Waals surface area contributed by atoms with E-state index >= 15 is 0 Å². The molecule has 1 aliphatic carbocycles. The van der Waals surface area contributed by atoms with Gasteiger partial charge in [0.1, 0.15) is 0 Å². The molecule has 0 radical (unpaired) electrons. The van der Waals surface area contributed by atoms with Gasteiger partial charge in [-0.1, -0.05) is 32.6 Å². The number of rotatable bonds is 2. The number of hydrogen-bond donors (Lipinski definition) is 2. The number of nitrogens with zero attached hydrogens (tertiary/aromatic N) is 1. The van der Waals surface area contributed by atoms with Crippen LogP contribution in [0.5, 0.6) is 0 Å². The van der Waals surface area contributed by atoms with E-state index in [-0.39, 0.29) is 18.6 Å². The second-order valence-electron chi connectivity index (χ2n) is 6.54. The average Bonchev–Trinajstić information content (AvgIpc) is 2.62. The number of likely N-dealkylation sites (tertiary alicyclic amines) is 1. The first kappa shape index (κ1) is 14.8. The molecule has 0 spiro atoms. The highest BCUT2D eigenvalue weighted by Gasteiger charge is 2.42. The SMILES string of the molecule is CC1CCCC(N)(C(=O)N2CCCCCC2CO)C1. The molecule has 1 aliphatic heterocycles. The van der Waals surface area contributed by atoms with Crippen molar-refractivity contribution in [3.05, 3.63) is 0 Å². The van der Waals surface area contributed by atoms with Crippen molar-refractivity contribution >= 4 is 5.91 Å². The Bertz CT molecular complexity index is 321. The molecule has 0 bridgehead atoms. The summed E-state index contributed by atoms with van der Waals surface area (Å²) in [5.41, 5.74) is 5.73. The maximum atomic E-state index is 12.8. The molecule has 110 valence electrons. The van der Waals surface area contributed by atoms with E-state index in [2.05, 4.69) is 6.92 Å². The fourth-order valence-electron chi connectivity index (χ4n) is 3.71. The van der Waals surface area contributed by atoms with Crippen molar-refractivity contribution in [1.29, 1.82) is 0 Å². The molecule has 1 amide bonds. The van der Waals surface area contributed by atoms with Gasteiger partial charge in [0, 0.05) is 6.54 Å². The molecule has 3 unspecified atom stereocenters. The van der Waals surface area contributed by atoms with Crippen LogP contribution in [0.25, 0.3) is 0 Å². The van der Waals surface area contributed by atoms with Gasteiger partial charge in [0.25, 0.3) is 0 Å². The summed E-state index contributed by atoms with van der Waals surface area (Å²) in [5.74, 6) is 0.613. The predicted molar refractivity (Wildman–Crippen MR) is 75.6 cm³/mol. The van der Waals surface area contributed by atoms with Crippen molar-refractivity contribution in [2.24, 2.45) is 11.7 Å². The van der Waals surface area contributed by atoms with E-state index in [0.717, 1.165) is 51.5 Å². The summed E-state index contributed by atoms with van der Waals surface area (Å²) in [4.78, 5) is 14.7. The van der Waals surface area contributed by atoms with E-state index in [4.69, 9.17) is 5.73 Å². The first-order valence-corrected chi connectivity index (χ1v) is 7.77. The largest absolute Gasteiger partial charge is 0.394 e. The van der Waals surface area contributed by atoms with Crippen molar-refractivity contribution in [2.45, 2.75) is 69.9 Å². The van der Waals surface area contributed by atoms with E-state index < -0.39 is 5.54 Å². The molecule has 19 heavy (non-hydrogen) atoms. The van der Waals surface area contributed by atoms with Crippen LogP contribution in [0, 0.1) is 5.92 Å². The molecule has 3 N–H and O–H groups in total. The molecule has 0 aromatic heterocycles. The summed E-state index contributed by atoms with van der Waals surface area (Å²) in [6.45, 7) is 3.01. The zero-order valence-corrected chi connectivity index (χ0v) is 12.1. The van der Waals surface area contributed by atoms with E-state index in [1.807, 2.05) is 4.90 Å². The van der Waals surface area contributed by atoms with Crippen LogP contribution < -0.4 is 5.73 Å². The topological polar surface area (TPSA) is 66.6 Å². The van der Waals surface area contributed by atoms with Crippen molar-refractivity contribution in [2.75, 3.05) is 13.2 Å². The zero-order chi connectivity index (χ0) is 13.9. The Balaban J connectivity index is 2.11. The summed E-state index contributed by atoms with van der Waals surface area (Å²) in [7, 11) is 0. The van der Waals surface area contributed by atoms with Gasteiger partial charge >= 0.3 is 0 Å². The number of nitrogens with two attached hydrogens (primary N) is 1. The highest BCUT2D eigenvalue weighted by Crippen LogP contribution is 2.33. The molecule has 1 heterocycles. The fourth-order valence-corrected chi connectivity index (χ4v) is 3.71. The Morgan fingerprint density at radius 3 is 2.79 bits per heavy atom.